The van der Waals surface area contributed by atoms with E-state index in [1.165, 1.54) is 0 Å². The van der Waals surface area contributed by atoms with E-state index in [1.54, 1.807) is 18.2 Å². The topological polar surface area (TPSA) is 55.4 Å². The molecule has 0 fully saturated rings. The number of hydrogen-bond acceptors (Lipinski definition) is 4. The first-order valence-electron chi connectivity index (χ1n) is 5.62. The molecule has 0 amide bonds. The van der Waals surface area contributed by atoms with Crippen molar-refractivity contribution < 1.29 is 12.6 Å². The Hall–Kier alpha value is -1.07. The molecule has 1 N–H and O–H groups in total. The summed E-state index contributed by atoms with van der Waals surface area (Å²) in [5.41, 5.74) is 1.01. The minimum Gasteiger partial charge on any atom is -0.383 e. The molecular weight excluding hydrogens is 238 g/mol. The van der Waals surface area contributed by atoms with Crippen molar-refractivity contribution >= 4 is 10.1 Å². The summed E-state index contributed by atoms with van der Waals surface area (Å²) in [6, 6.07) is 7.53. The SMILES string of the molecule is CCC(C)NCc1cccc(OS(C)(=O)=O)c1. The van der Waals surface area contributed by atoms with Crippen molar-refractivity contribution in [2.24, 2.45) is 0 Å². The van der Waals surface area contributed by atoms with E-state index >= 15 is 0 Å². The molecule has 1 rings (SSSR count). The summed E-state index contributed by atoms with van der Waals surface area (Å²) in [5.74, 6) is 0.357. The summed E-state index contributed by atoms with van der Waals surface area (Å²) in [7, 11) is -3.45. The first-order valence-corrected chi connectivity index (χ1v) is 7.44. The van der Waals surface area contributed by atoms with Crippen LogP contribution in [-0.2, 0) is 16.7 Å². The Morgan fingerprint density at radius 3 is 2.71 bits per heavy atom. The highest BCUT2D eigenvalue weighted by atomic mass is 32.2. The minimum absolute atomic E-state index is 0.357. The maximum Gasteiger partial charge on any atom is 0.306 e. The van der Waals surface area contributed by atoms with E-state index in [0.717, 1.165) is 18.2 Å². The summed E-state index contributed by atoms with van der Waals surface area (Å²) in [4.78, 5) is 0. The summed E-state index contributed by atoms with van der Waals surface area (Å²) < 4.78 is 26.8. The third-order valence-corrected chi connectivity index (χ3v) is 2.91. The van der Waals surface area contributed by atoms with Gasteiger partial charge in [-0.2, -0.15) is 8.42 Å². The minimum atomic E-state index is -3.45. The van der Waals surface area contributed by atoms with Crippen molar-refractivity contribution in [1.29, 1.82) is 0 Å². The number of rotatable bonds is 6. The lowest BCUT2D eigenvalue weighted by molar-refractivity contribution is 0.491. The fourth-order valence-corrected chi connectivity index (χ4v) is 1.77. The van der Waals surface area contributed by atoms with E-state index in [2.05, 4.69) is 19.2 Å². The molecule has 0 radical (unpaired) electrons. The highest BCUT2D eigenvalue weighted by Gasteiger charge is 2.05. The smallest absolute Gasteiger partial charge is 0.306 e. The highest BCUT2D eigenvalue weighted by molar-refractivity contribution is 7.86. The van der Waals surface area contributed by atoms with Gasteiger partial charge in [-0.1, -0.05) is 19.1 Å². The van der Waals surface area contributed by atoms with Crippen LogP contribution in [0.25, 0.3) is 0 Å². The average molecular weight is 257 g/mol. The predicted octanol–water partition coefficient (Wildman–Crippen LogP) is 1.91. The van der Waals surface area contributed by atoms with Crippen LogP contribution in [0.15, 0.2) is 24.3 Å². The first kappa shape index (κ1) is 14.0. The van der Waals surface area contributed by atoms with E-state index in [1.807, 2.05) is 6.07 Å². The van der Waals surface area contributed by atoms with Gasteiger partial charge in [-0.15, -0.1) is 0 Å². The Morgan fingerprint density at radius 2 is 2.12 bits per heavy atom. The third-order valence-electron chi connectivity index (χ3n) is 2.41. The zero-order valence-corrected chi connectivity index (χ0v) is 11.3. The van der Waals surface area contributed by atoms with Crippen LogP contribution < -0.4 is 9.50 Å². The largest absolute Gasteiger partial charge is 0.383 e. The molecule has 5 heteroatoms. The molecule has 0 aromatic heterocycles. The molecule has 1 aromatic rings. The van der Waals surface area contributed by atoms with E-state index in [-0.39, 0.29) is 0 Å². The van der Waals surface area contributed by atoms with Gasteiger partial charge in [0.2, 0.25) is 0 Å². The lowest BCUT2D eigenvalue weighted by atomic mass is 10.2. The molecule has 0 aliphatic heterocycles. The highest BCUT2D eigenvalue weighted by Crippen LogP contribution is 2.15. The summed E-state index contributed by atoms with van der Waals surface area (Å²) in [5, 5.41) is 3.33. The first-order chi connectivity index (χ1) is 7.90. The standard InChI is InChI=1S/C12H19NO3S/c1-4-10(2)13-9-11-6-5-7-12(8-11)16-17(3,14)15/h5-8,10,13H,4,9H2,1-3H3. The number of benzene rings is 1. The third kappa shape index (κ3) is 5.70. The van der Waals surface area contributed by atoms with Crippen LogP contribution in [0.2, 0.25) is 0 Å². The number of hydrogen-bond donors (Lipinski definition) is 1. The van der Waals surface area contributed by atoms with Gasteiger partial charge in [0.15, 0.2) is 0 Å². The van der Waals surface area contributed by atoms with Gasteiger partial charge in [-0.3, -0.25) is 0 Å². The Bertz CT molecular complexity index is 457. The zero-order chi connectivity index (χ0) is 12.9. The predicted molar refractivity (Wildman–Crippen MR) is 68.5 cm³/mol. The van der Waals surface area contributed by atoms with Crippen molar-refractivity contribution in [3.8, 4) is 5.75 Å². The van der Waals surface area contributed by atoms with Gasteiger partial charge >= 0.3 is 10.1 Å². The maximum atomic E-state index is 11.0. The van der Waals surface area contributed by atoms with Crippen LogP contribution in [0.3, 0.4) is 0 Å². The van der Waals surface area contributed by atoms with Crippen molar-refractivity contribution in [3.63, 3.8) is 0 Å². The lowest BCUT2D eigenvalue weighted by Gasteiger charge is -2.11. The lowest BCUT2D eigenvalue weighted by Crippen LogP contribution is -2.24. The Balaban J connectivity index is 2.66. The van der Waals surface area contributed by atoms with Crippen LogP contribution in [0, 0.1) is 0 Å². The molecule has 0 saturated carbocycles. The second kappa shape index (κ2) is 6.02. The molecule has 0 bridgehead atoms. The van der Waals surface area contributed by atoms with E-state index in [0.29, 0.717) is 18.3 Å². The van der Waals surface area contributed by atoms with Crippen LogP contribution in [-0.4, -0.2) is 20.7 Å². The summed E-state index contributed by atoms with van der Waals surface area (Å²) >= 11 is 0. The van der Waals surface area contributed by atoms with Crippen LogP contribution in [0.1, 0.15) is 25.8 Å². The zero-order valence-electron chi connectivity index (χ0n) is 10.4. The normalized spacial score (nSPS) is 13.4. The van der Waals surface area contributed by atoms with E-state index in [9.17, 15) is 8.42 Å². The van der Waals surface area contributed by atoms with Crippen molar-refractivity contribution in [1.82, 2.24) is 5.32 Å². The van der Waals surface area contributed by atoms with Gasteiger partial charge in [0.05, 0.1) is 6.26 Å². The maximum absolute atomic E-state index is 11.0. The number of nitrogens with one attached hydrogen (secondary N) is 1. The molecule has 4 nitrogen and oxygen atoms in total. The van der Waals surface area contributed by atoms with Crippen LogP contribution >= 0.6 is 0 Å². The average Bonchev–Trinajstić information content (AvgIpc) is 2.24. The molecule has 0 aliphatic carbocycles. The van der Waals surface area contributed by atoms with Crippen molar-refractivity contribution in [3.05, 3.63) is 29.8 Å². The molecule has 0 saturated heterocycles. The van der Waals surface area contributed by atoms with Gasteiger partial charge in [-0.05, 0) is 31.0 Å². The van der Waals surface area contributed by atoms with Crippen LogP contribution in [0.4, 0.5) is 0 Å². The van der Waals surface area contributed by atoms with Crippen LogP contribution in [0.5, 0.6) is 5.75 Å². The molecular formula is C12H19NO3S. The Morgan fingerprint density at radius 1 is 1.41 bits per heavy atom. The van der Waals surface area contributed by atoms with Gasteiger partial charge in [-0.25, -0.2) is 0 Å². The molecule has 1 atom stereocenters. The monoisotopic (exact) mass is 257 g/mol. The molecule has 0 heterocycles. The summed E-state index contributed by atoms with van der Waals surface area (Å²) in [6.07, 6.45) is 2.09. The molecule has 96 valence electrons. The fraction of sp³-hybridized carbons (Fsp3) is 0.500. The van der Waals surface area contributed by atoms with Crippen molar-refractivity contribution in [2.45, 2.75) is 32.9 Å². The van der Waals surface area contributed by atoms with Gasteiger partial charge in [0, 0.05) is 12.6 Å². The van der Waals surface area contributed by atoms with Gasteiger partial charge < -0.3 is 9.50 Å². The Labute approximate surface area is 103 Å². The Kier molecular flexibility index (Phi) is 4.96. The van der Waals surface area contributed by atoms with Gasteiger partial charge in [0.1, 0.15) is 5.75 Å². The molecule has 0 spiro atoms. The quantitative estimate of drug-likeness (QED) is 0.791. The second-order valence-corrected chi connectivity index (χ2v) is 5.70. The molecule has 17 heavy (non-hydrogen) atoms. The molecule has 1 unspecified atom stereocenters. The van der Waals surface area contributed by atoms with E-state index in [4.69, 9.17) is 4.18 Å². The molecule has 0 aliphatic rings. The summed E-state index contributed by atoms with van der Waals surface area (Å²) in [6.45, 7) is 4.92. The van der Waals surface area contributed by atoms with Crippen molar-refractivity contribution in [2.75, 3.05) is 6.26 Å². The second-order valence-electron chi connectivity index (χ2n) is 4.13. The van der Waals surface area contributed by atoms with Gasteiger partial charge in [0.25, 0.3) is 0 Å². The van der Waals surface area contributed by atoms with E-state index < -0.39 is 10.1 Å². The molecule has 1 aromatic carbocycles. The fourth-order valence-electron chi connectivity index (χ4n) is 1.32.